The number of carbonyl (C=O) groups excluding carboxylic acids is 1. The van der Waals surface area contributed by atoms with E-state index in [9.17, 15) is 4.79 Å². The molecule has 2 heteroatoms. The zero-order chi connectivity index (χ0) is 13.4. The van der Waals surface area contributed by atoms with Gasteiger partial charge in [-0.2, -0.15) is 0 Å². The van der Waals surface area contributed by atoms with Crippen LogP contribution in [0.15, 0.2) is 0 Å². The molecule has 0 saturated heterocycles. The smallest absolute Gasteiger partial charge is 0.226 e. The van der Waals surface area contributed by atoms with Crippen LogP contribution in [0, 0.1) is 29.6 Å². The third-order valence-electron chi connectivity index (χ3n) is 5.81. The number of amides is 1. The average molecular weight is 263 g/mol. The Morgan fingerprint density at radius 3 is 1.79 bits per heavy atom. The van der Waals surface area contributed by atoms with E-state index in [0.717, 1.165) is 49.6 Å². The third kappa shape index (κ3) is 2.43. The van der Waals surface area contributed by atoms with Crippen molar-refractivity contribution < 1.29 is 4.79 Å². The molecule has 4 saturated carbocycles. The van der Waals surface area contributed by atoms with Crippen molar-refractivity contribution in [1.29, 1.82) is 0 Å². The van der Waals surface area contributed by atoms with Crippen LogP contribution in [0.25, 0.3) is 0 Å². The second-order valence-corrected chi connectivity index (χ2v) is 7.28. The second kappa shape index (κ2) is 5.46. The number of hydrogen-bond acceptors (Lipinski definition) is 1. The molecule has 4 aliphatic rings. The molecule has 0 aromatic rings. The first-order valence-corrected chi connectivity index (χ1v) is 8.51. The lowest BCUT2D eigenvalue weighted by molar-refractivity contribution is -0.149. The van der Waals surface area contributed by atoms with Gasteiger partial charge in [0, 0.05) is 19.0 Å². The summed E-state index contributed by atoms with van der Waals surface area (Å²) in [6.45, 7) is 6.31. The van der Waals surface area contributed by atoms with Crippen LogP contribution < -0.4 is 0 Å². The van der Waals surface area contributed by atoms with Gasteiger partial charge in [-0.3, -0.25) is 4.79 Å². The van der Waals surface area contributed by atoms with Gasteiger partial charge < -0.3 is 4.90 Å². The van der Waals surface area contributed by atoms with Crippen LogP contribution in [-0.4, -0.2) is 23.9 Å². The van der Waals surface area contributed by atoms with E-state index in [2.05, 4.69) is 18.7 Å². The molecule has 0 heterocycles. The van der Waals surface area contributed by atoms with Crippen molar-refractivity contribution >= 4 is 5.91 Å². The summed E-state index contributed by atoms with van der Waals surface area (Å²) in [7, 11) is 0. The standard InChI is InChI=1S/C17H29NO/c1-3-5-18(6-4-2)17(19)16-14-8-12-7-13(10-14)11-15(16)9-12/h12-16H,3-11H2,1-2H3. The average Bonchev–Trinajstić information content (AvgIpc) is 2.37. The first-order valence-electron chi connectivity index (χ1n) is 8.51. The molecule has 0 aromatic heterocycles. The van der Waals surface area contributed by atoms with Crippen molar-refractivity contribution in [2.75, 3.05) is 13.1 Å². The van der Waals surface area contributed by atoms with Crippen LogP contribution >= 0.6 is 0 Å². The van der Waals surface area contributed by atoms with Gasteiger partial charge in [-0.1, -0.05) is 13.8 Å². The van der Waals surface area contributed by atoms with Gasteiger partial charge in [-0.05, 0) is 68.6 Å². The van der Waals surface area contributed by atoms with E-state index in [1.54, 1.807) is 0 Å². The summed E-state index contributed by atoms with van der Waals surface area (Å²) in [5.41, 5.74) is 0. The quantitative estimate of drug-likeness (QED) is 0.740. The molecule has 0 atom stereocenters. The SMILES string of the molecule is CCCN(CCC)C(=O)C1C2CC3CC(C2)CC1C3. The Kier molecular flexibility index (Phi) is 3.86. The van der Waals surface area contributed by atoms with Crippen molar-refractivity contribution in [3.63, 3.8) is 0 Å². The molecular formula is C17H29NO. The predicted octanol–water partition coefficient (Wildman–Crippen LogP) is 3.71. The van der Waals surface area contributed by atoms with E-state index in [-0.39, 0.29) is 0 Å². The highest BCUT2D eigenvalue weighted by atomic mass is 16.2. The minimum Gasteiger partial charge on any atom is -0.342 e. The minimum absolute atomic E-state index is 0.394. The highest BCUT2D eigenvalue weighted by Gasteiger charge is 2.51. The van der Waals surface area contributed by atoms with Gasteiger partial charge in [0.05, 0.1) is 0 Å². The summed E-state index contributed by atoms with van der Waals surface area (Å²) in [6, 6.07) is 0. The Bertz CT molecular complexity index is 304. The van der Waals surface area contributed by atoms with Crippen LogP contribution in [0.5, 0.6) is 0 Å². The van der Waals surface area contributed by atoms with E-state index >= 15 is 0 Å². The normalized spacial score (nSPS) is 39.6. The van der Waals surface area contributed by atoms with Crippen LogP contribution in [0.2, 0.25) is 0 Å². The Hall–Kier alpha value is -0.530. The van der Waals surface area contributed by atoms with Crippen molar-refractivity contribution in [2.24, 2.45) is 29.6 Å². The summed E-state index contributed by atoms with van der Waals surface area (Å²) in [5.74, 6) is 4.32. The van der Waals surface area contributed by atoms with Gasteiger partial charge in [0.2, 0.25) is 5.91 Å². The van der Waals surface area contributed by atoms with E-state index < -0.39 is 0 Å². The highest BCUT2D eigenvalue weighted by Crippen LogP contribution is 2.56. The molecular weight excluding hydrogens is 234 g/mol. The number of nitrogens with zero attached hydrogens (tertiary/aromatic N) is 1. The third-order valence-corrected chi connectivity index (χ3v) is 5.81. The first kappa shape index (κ1) is 13.5. The van der Waals surface area contributed by atoms with Crippen LogP contribution in [0.3, 0.4) is 0 Å². The summed E-state index contributed by atoms with van der Waals surface area (Å²) in [6.07, 6.45) is 9.09. The number of rotatable bonds is 5. The second-order valence-electron chi connectivity index (χ2n) is 7.28. The highest BCUT2D eigenvalue weighted by molar-refractivity contribution is 5.79. The molecule has 4 fully saturated rings. The van der Waals surface area contributed by atoms with Crippen LogP contribution in [0.4, 0.5) is 0 Å². The maximum absolute atomic E-state index is 12.9. The predicted molar refractivity (Wildman–Crippen MR) is 77.7 cm³/mol. The molecule has 0 radical (unpaired) electrons. The minimum atomic E-state index is 0.394. The van der Waals surface area contributed by atoms with Crippen molar-refractivity contribution in [1.82, 2.24) is 4.90 Å². The lowest BCUT2D eigenvalue weighted by atomic mass is 9.51. The molecule has 0 N–H and O–H groups in total. The van der Waals surface area contributed by atoms with E-state index in [4.69, 9.17) is 0 Å². The molecule has 0 aromatic carbocycles. The monoisotopic (exact) mass is 263 g/mol. The summed E-state index contributed by atoms with van der Waals surface area (Å²) in [5, 5.41) is 0. The molecule has 0 spiro atoms. The topological polar surface area (TPSA) is 20.3 Å². The van der Waals surface area contributed by atoms with Crippen molar-refractivity contribution in [2.45, 2.75) is 58.8 Å². The van der Waals surface area contributed by atoms with E-state index in [1.165, 1.54) is 32.1 Å². The van der Waals surface area contributed by atoms with Crippen LogP contribution in [-0.2, 0) is 4.79 Å². The molecule has 4 bridgehead atoms. The number of carbonyl (C=O) groups is 1. The van der Waals surface area contributed by atoms with Crippen LogP contribution in [0.1, 0.15) is 58.8 Å². The van der Waals surface area contributed by atoms with Gasteiger partial charge in [0.1, 0.15) is 0 Å². The maximum atomic E-state index is 12.9. The van der Waals surface area contributed by atoms with Gasteiger partial charge >= 0.3 is 0 Å². The zero-order valence-electron chi connectivity index (χ0n) is 12.6. The fraction of sp³-hybridized carbons (Fsp3) is 0.941. The molecule has 4 aliphatic carbocycles. The lowest BCUT2D eigenvalue weighted by Crippen LogP contribution is -2.52. The maximum Gasteiger partial charge on any atom is 0.226 e. The zero-order valence-corrected chi connectivity index (χ0v) is 12.6. The van der Waals surface area contributed by atoms with Gasteiger partial charge in [-0.15, -0.1) is 0 Å². The number of hydrogen-bond donors (Lipinski definition) is 0. The Labute approximate surface area is 117 Å². The first-order chi connectivity index (χ1) is 9.22. The molecule has 4 rings (SSSR count). The van der Waals surface area contributed by atoms with Gasteiger partial charge in [0.25, 0.3) is 0 Å². The Morgan fingerprint density at radius 1 is 0.895 bits per heavy atom. The largest absolute Gasteiger partial charge is 0.342 e. The molecule has 0 unspecified atom stereocenters. The molecule has 1 amide bonds. The van der Waals surface area contributed by atoms with Gasteiger partial charge in [0.15, 0.2) is 0 Å². The summed E-state index contributed by atoms with van der Waals surface area (Å²) < 4.78 is 0. The molecule has 108 valence electrons. The summed E-state index contributed by atoms with van der Waals surface area (Å²) >= 11 is 0. The van der Waals surface area contributed by atoms with Crippen molar-refractivity contribution in [3.8, 4) is 0 Å². The molecule has 0 aliphatic heterocycles. The Morgan fingerprint density at radius 2 is 1.37 bits per heavy atom. The fourth-order valence-electron chi connectivity index (χ4n) is 5.41. The van der Waals surface area contributed by atoms with E-state index in [0.29, 0.717) is 11.8 Å². The van der Waals surface area contributed by atoms with Crippen molar-refractivity contribution in [3.05, 3.63) is 0 Å². The molecule has 19 heavy (non-hydrogen) atoms. The lowest BCUT2D eigenvalue weighted by Gasteiger charge is -2.54. The summed E-state index contributed by atoms with van der Waals surface area (Å²) in [4.78, 5) is 15.1. The van der Waals surface area contributed by atoms with E-state index in [1.807, 2.05) is 0 Å². The fourth-order valence-corrected chi connectivity index (χ4v) is 5.41. The Balaban J connectivity index is 1.72. The van der Waals surface area contributed by atoms with Gasteiger partial charge in [-0.25, -0.2) is 0 Å². The molecule has 2 nitrogen and oxygen atoms in total.